The van der Waals surface area contributed by atoms with E-state index in [1.54, 1.807) is 0 Å². The summed E-state index contributed by atoms with van der Waals surface area (Å²) in [4.78, 5) is 15.6. The number of pyridine rings is 1. The van der Waals surface area contributed by atoms with Gasteiger partial charge in [-0.3, -0.25) is 0 Å². The number of rotatable bonds is 6. The molecule has 9 aromatic carbocycles. The fourth-order valence-corrected chi connectivity index (χ4v) is 9.05. The van der Waals surface area contributed by atoms with Gasteiger partial charge >= 0.3 is 0 Å². The van der Waals surface area contributed by atoms with E-state index in [0.29, 0.717) is 5.82 Å². The van der Waals surface area contributed by atoms with Crippen LogP contribution in [-0.4, -0.2) is 19.5 Å². The summed E-state index contributed by atoms with van der Waals surface area (Å²) in [6.45, 7) is 0. The van der Waals surface area contributed by atoms with Gasteiger partial charge in [0.05, 0.1) is 33.6 Å². The van der Waals surface area contributed by atoms with E-state index >= 15 is 0 Å². The molecule has 0 radical (unpaired) electrons. The third-order valence-electron chi connectivity index (χ3n) is 12.0. The maximum Gasteiger partial charge on any atom is 0.160 e. The minimum atomic E-state index is 0.705. The number of para-hydroxylation sites is 1. The number of benzene rings is 9. The third kappa shape index (κ3) is 5.96. The van der Waals surface area contributed by atoms with Crippen LogP contribution in [0.1, 0.15) is 0 Å². The highest BCUT2D eigenvalue weighted by molar-refractivity contribution is 6.19. The molecule has 4 heteroatoms. The molecule has 3 heterocycles. The molecule has 0 saturated heterocycles. The first-order chi connectivity index (χ1) is 30.2. The molecule has 0 N–H and O–H groups in total. The molecule has 0 bridgehead atoms. The van der Waals surface area contributed by atoms with Gasteiger partial charge in [-0.25, -0.2) is 15.0 Å². The second-order valence-corrected chi connectivity index (χ2v) is 15.6. The van der Waals surface area contributed by atoms with Crippen LogP contribution in [0.5, 0.6) is 0 Å². The molecule has 0 saturated carbocycles. The summed E-state index contributed by atoms with van der Waals surface area (Å²) in [6, 6.07) is 77.4. The van der Waals surface area contributed by atoms with E-state index in [4.69, 9.17) is 15.0 Å². The Balaban J connectivity index is 1.01. The van der Waals surface area contributed by atoms with Gasteiger partial charge in [0.25, 0.3) is 0 Å². The van der Waals surface area contributed by atoms with E-state index in [1.807, 2.05) is 18.2 Å². The van der Waals surface area contributed by atoms with E-state index in [0.717, 1.165) is 83.5 Å². The Labute approximate surface area is 352 Å². The van der Waals surface area contributed by atoms with E-state index < -0.39 is 0 Å². The largest absolute Gasteiger partial charge is 0.309 e. The van der Waals surface area contributed by atoms with Gasteiger partial charge in [-0.1, -0.05) is 176 Å². The number of nitrogens with zero attached hydrogens (tertiary/aromatic N) is 4. The predicted octanol–water partition coefficient (Wildman–Crippen LogP) is 14.8. The summed E-state index contributed by atoms with van der Waals surface area (Å²) >= 11 is 0. The quantitative estimate of drug-likeness (QED) is 0.158. The van der Waals surface area contributed by atoms with Gasteiger partial charge in [0.2, 0.25) is 0 Å². The lowest BCUT2D eigenvalue weighted by Crippen LogP contribution is -1.96. The van der Waals surface area contributed by atoms with Crippen molar-refractivity contribution in [2.24, 2.45) is 0 Å². The fourth-order valence-electron chi connectivity index (χ4n) is 9.05. The topological polar surface area (TPSA) is 43.6 Å². The molecule has 61 heavy (non-hydrogen) atoms. The minimum absolute atomic E-state index is 0.705. The molecule has 12 rings (SSSR count). The van der Waals surface area contributed by atoms with E-state index in [-0.39, 0.29) is 0 Å². The van der Waals surface area contributed by atoms with Crippen molar-refractivity contribution in [2.45, 2.75) is 0 Å². The van der Waals surface area contributed by atoms with Crippen LogP contribution in [0.3, 0.4) is 0 Å². The number of hydrogen-bond acceptors (Lipinski definition) is 3. The Kier molecular flexibility index (Phi) is 8.13. The second-order valence-electron chi connectivity index (χ2n) is 15.6. The summed E-state index contributed by atoms with van der Waals surface area (Å²) in [5, 5.41) is 8.19. The lowest BCUT2D eigenvalue weighted by Gasteiger charge is -2.12. The van der Waals surface area contributed by atoms with Crippen molar-refractivity contribution in [2.75, 3.05) is 0 Å². The zero-order valence-electron chi connectivity index (χ0n) is 33.1. The van der Waals surface area contributed by atoms with E-state index in [2.05, 4.69) is 205 Å². The van der Waals surface area contributed by atoms with Crippen molar-refractivity contribution < 1.29 is 0 Å². The first-order valence-electron chi connectivity index (χ1n) is 20.7. The Morgan fingerprint density at radius 3 is 1.70 bits per heavy atom. The normalized spacial score (nSPS) is 11.6. The molecule has 0 spiro atoms. The van der Waals surface area contributed by atoms with Gasteiger partial charge in [0, 0.05) is 49.5 Å². The van der Waals surface area contributed by atoms with Crippen LogP contribution >= 0.6 is 0 Å². The molecular weight excluding hydrogens is 741 g/mol. The molecular formula is C57H36N4. The van der Waals surface area contributed by atoms with Gasteiger partial charge in [-0.15, -0.1) is 0 Å². The maximum atomic E-state index is 5.38. The zero-order valence-corrected chi connectivity index (χ0v) is 33.1. The molecule has 0 fully saturated rings. The first kappa shape index (κ1) is 34.8. The smallest absolute Gasteiger partial charge is 0.160 e. The van der Waals surface area contributed by atoms with Crippen LogP contribution < -0.4 is 0 Å². The molecule has 0 aliphatic heterocycles. The van der Waals surface area contributed by atoms with E-state index in [1.165, 1.54) is 26.9 Å². The van der Waals surface area contributed by atoms with Crippen molar-refractivity contribution in [3.63, 3.8) is 0 Å². The van der Waals surface area contributed by atoms with Gasteiger partial charge in [0.15, 0.2) is 5.82 Å². The molecule has 0 aliphatic carbocycles. The van der Waals surface area contributed by atoms with Crippen LogP contribution in [0.2, 0.25) is 0 Å². The molecule has 0 amide bonds. The highest BCUT2D eigenvalue weighted by Crippen LogP contribution is 2.40. The molecule has 4 nitrogen and oxygen atoms in total. The van der Waals surface area contributed by atoms with Crippen molar-refractivity contribution >= 4 is 54.3 Å². The Bertz CT molecular complexity index is 3610. The molecule has 0 aliphatic rings. The second kappa shape index (κ2) is 14.3. The van der Waals surface area contributed by atoms with Gasteiger partial charge in [-0.05, 0) is 69.8 Å². The Hall–Kier alpha value is -8.21. The summed E-state index contributed by atoms with van der Waals surface area (Å²) in [6.07, 6.45) is 0. The number of aromatic nitrogens is 4. The fraction of sp³-hybridized carbons (Fsp3) is 0. The molecule has 0 atom stereocenters. The van der Waals surface area contributed by atoms with Gasteiger partial charge in [-0.2, -0.15) is 0 Å². The van der Waals surface area contributed by atoms with Crippen LogP contribution in [0.4, 0.5) is 0 Å². The number of fused-ring (bicyclic) bond motifs is 7. The monoisotopic (exact) mass is 776 g/mol. The van der Waals surface area contributed by atoms with Gasteiger partial charge in [0.1, 0.15) is 0 Å². The molecule has 284 valence electrons. The predicted molar refractivity (Wildman–Crippen MR) is 254 cm³/mol. The molecule has 3 aromatic heterocycles. The number of hydrogen-bond donors (Lipinski definition) is 0. The maximum absolute atomic E-state index is 5.38. The summed E-state index contributed by atoms with van der Waals surface area (Å²) in [5.41, 5.74) is 13.7. The van der Waals surface area contributed by atoms with E-state index in [9.17, 15) is 0 Å². The van der Waals surface area contributed by atoms with Crippen molar-refractivity contribution in [1.29, 1.82) is 0 Å². The van der Waals surface area contributed by atoms with Crippen molar-refractivity contribution in [3.8, 4) is 62.0 Å². The highest BCUT2D eigenvalue weighted by Gasteiger charge is 2.18. The molecule has 12 aromatic rings. The highest BCUT2D eigenvalue weighted by atomic mass is 15.0. The van der Waals surface area contributed by atoms with Crippen LogP contribution in [0, 0.1) is 0 Å². The van der Waals surface area contributed by atoms with Crippen LogP contribution in [-0.2, 0) is 0 Å². The van der Waals surface area contributed by atoms with Crippen LogP contribution in [0.15, 0.2) is 218 Å². The first-order valence-corrected chi connectivity index (χ1v) is 20.7. The lowest BCUT2D eigenvalue weighted by molar-refractivity contribution is 1.18. The standard InChI is InChI=1S/C57H36N4/c1-4-16-40(17-5-1)56-47-25-13-12-24-45(47)48-35-55-50(34-52(48)58-56)49-33-42(31-32-54(49)61(55)43-21-8-3-9-22-43)37-27-29-39(30-28-37)51-36-53(60-57(59-51)41-18-6-2-7-19-41)46-26-14-20-38-15-10-11-23-44(38)46/h1-36H. The Morgan fingerprint density at radius 1 is 0.311 bits per heavy atom. The average Bonchev–Trinajstić information content (AvgIpc) is 3.66. The SMILES string of the molecule is c1ccc(-c2nc(-c3ccc(-c4ccc5c(c4)c4cc6nc(-c7ccccc7)c7ccccc7c6cc4n5-c4ccccc4)cc3)cc(-c3cccc4ccccc34)n2)cc1. The summed E-state index contributed by atoms with van der Waals surface area (Å²) < 4.78 is 2.39. The average molecular weight is 777 g/mol. The van der Waals surface area contributed by atoms with Crippen molar-refractivity contribution in [3.05, 3.63) is 218 Å². The summed E-state index contributed by atoms with van der Waals surface area (Å²) in [5.74, 6) is 0.705. The van der Waals surface area contributed by atoms with Crippen molar-refractivity contribution in [1.82, 2.24) is 19.5 Å². The zero-order chi connectivity index (χ0) is 40.3. The minimum Gasteiger partial charge on any atom is -0.309 e. The molecule has 0 unspecified atom stereocenters. The summed E-state index contributed by atoms with van der Waals surface area (Å²) in [7, 11) is 0. The van der Waals surface area contributed by atoms with Crippen LogP contribution in [0.25, 0.3) is 116 Å². The Morgan fingerprint density at radius 2 is 0.918 bits per heavy atom. The third-order valence-corrected chi connectivity index (χ3v) is 12.0. The lowest BCUT2D eigenvalue weighted by atomic mass is 9.98. The van der Waals surface area contributed by atoms with Gasteiger partial charge < -0.3 is 4.57 Å².